The lowest BCUT2D eigenvalue weighted by molar-refractivity contribution is 0.174. The molecule has 1 aliphatic carbocycles. The molecule has 166 valence electrons. The van der Waals surface area contributed by atoms with Crippen LogP contribution in [0.5, 0.6) is 11.5 Å². The van der Waals surface area contributed by atoms with Gasteiger partial charge in [0.2, 0.25) is 11.9 Å². The molecule has 2 aromatic rings. The molecule has 1 saturated carbocycles. The Morgan fingerprint density at radius 2 is 1.97 bits per heavy atom. The molecule has 5 rings (SSSR count). The minimum Gasteiger partial charge on any atom is -0.454 e. The summed E-state index contributed by atoms with van der Waals surface area (Å²) in [4.78, 5) is 14.4. The van der Waals surface area contributed by atoms with Gasteiger partial charge < -0.3 is 24.6 Å². The molecule has 3 heterocycles. The number of fused-ring (bicyclic) bond motifs is 1. The second-order valence-electron chi connectivity index (χ2n) is 8.34. The topological polar surface area (TPSA) is 75.1 Å². The maximum Gasteiger partial charge on any atom is 0.231 e. The summed E-state index contributed by atoms with van der Waals surface area (Å²) in [7, 11) is 0. The van der Waals surface area contributed by atoms with Crippen molar-refractivity contribution in [1.82, 2.24) is 19.6 Å². The highest BCUT2D eigenvalue weighted by atomic mass is 32.1. The summed E-state index contributed by atoms with van der Waals surface area (Å²) in [5.74, 6) is 3.66. The van der Waals surface area contributed by atoms with Crippen molar-refractivity contribution in [2.24, 2.45) is 4.99 Å². The summed E-state index contributed by atoms with van der Waals surface area (Å²) in [5, 5.41) is 4.54. The van der Waals surface area contributed by atoms with Crippen LogP contribution in [0.4, 0.5) is 5.13 Å². The molecule has 0 bridgehead atoms. The van der Waals surface area contributed by atoms with Crippen molar-refractivity contribution < 1.29 is 9.47 Å². The van der Waals surface area contributed by atoms with E-state index in [1.807, 2.05) is 6.07 Å². The lowest BCUT2D eigenvalue weighted by atomic mass is 9.96. The molecule has 1 saturated heterocycles. The molecule has 0 amide bonds. The van der Waals surface area contributed by atoms with Crippen LogP contribution in [0.1, 0.15) is 38.1 Å². The minimum atomic E-state index is 0.132. The van der Waals surface area contributed by atoms with Gasteiger partial charge in [0.1, 0.15) is 5.82 Å². The number of hydrogen-bond donors (Lipinski definition) is 1. The van der Waals surface area contributed by atoms with Crippen LogP contribution in [0.25, 0.3) is 0 Å². The van der Waals surface area contributed by atoms with Crippen LogP contribution >= 0.6 is 11.5 Å². The average molecular weight is 443 g/mol. The van der Waals surface area contributed by atoms with E-state index in [1.165, 1.54) is 29.9 Å². The predicted molar refractivity (Wildman–Crippen MR) is 123 cm³/mol. The summed E-state index contributed by atoms with van der Waals surface area (Å²) < 4.78 is 15.5. The molecule has 9 heteroatoms. The SMILES string of the molecule is CCNC(=NCC1(c2ccc3c(c2)OCO3)CC1)N1CCN(c2nc(CC)ns2)CC1. The number of nitrogens with one attached hydrogen (secondary N) is 1. The van der Waals surface area contributed by atoms with Crippen molar-refractivity contribution in [2.45, 2.75) is 38.5 Å². The molecule has 1 aromatic heterocycles. The van der Waals surface area contributed by atoms with Crippen LogP contribution < -0.4 is 19.7 Å². The largest absolute Gasteiger partial charge is 0.454 e. The fraction of sp³-hybridized carbons (Fsp3) is 0.591. The summed E-state index contributed by atoms with van der Waals surface area (Å²) >= 11 is 1.51. The van der Waals surface area contributed by atoms with E-state index in [9.17, 15) is 0 Å². The Morgan fingerprint density at radius 3 is 2.68 bits per heavy atom. The van der Waals surface area contributed by atoms with Crippen molar-refractivity contribution in [1.29, 1.82) is 0 Å². The zero-order valence-corrected chi connectivity index (χ0v) is 19.1. The van der Waals surface area contributed by atoms with E-state index in [-0.39, 0.29) is 5.41 Å². The summed E-state index contributed by atoms with van der Waals surface area (Å²) in [6.07, 6.45) is 3.22. The first-order valence-corrected chi connectivity index (χ1v) is 12.0. The molecule has 3 aliphatic rings. The molecular weight excluding hydrogens is 412 g/mol. The molecule has 0 radical (unpaired) electrons. The van der Waals surface area contributed by atoms with Gasteiger partial charge in [-0.05, 0) is 37.5 Å². The highest BCUT2D eigenvalue weighted by Gasteiger charge is 2.45. The molecule has 31 heavy (non-hydrogen) atoms. The zero-order chi connectivity index (χ0) is 21.3. The van der Waals surface area contributed by atoms with Crippen LogP contribution in [0, 0.1) is 0 Å². The Labute approximate surface area is 187 Å². The van der Waals surface area contributed by atoms with E-state index in [1.54, 1.807) is 0 Å². The molecule has 1 N–H and O–H groups in total. The molecule has 8 nitrogen and oxygen atoms in total. The number of ether oxygens (including phenoxy) is 2. The number of benzene rings is 1. The Balaban J connectivity index is 1.24. The fourth-order valence-electron chi connectivity index (χ4n) is 4.19. The third kappa shape index (κ3) is 4.15. The normalized spacial score (nSPS) is 19.6. The van der Waals surface area contributed by atoms with E-state index in [4.69, 9.17) is 14.5 Å². The quantitative estimate of drug-likeness (QED) is 0.544. The van der Waals surface area contributed by atoms with Gasteiger partial charge in [0, 0.05) is 56.1 Å². The number of aryl methyl sites for hydroxylation is 1. The van der Waals surface area contributed by atoms with Crippen molar-refractivity contribution in [3.05, 3.63) is 29.6 Å². The first-order valence-electron chi connectivity index (χ1n) is 11.2. The van der Waals surface area contributed by atoms with E-state index in [0.717, 1.165) is 74.1 Å². The predicted octanol–water partition coefficient (Wildman–Crippen LogP) is 2.65. The number of aromatic nitrogens is 2. The van der Waals surface area contributed by atoms with Gasteiger partial charge in [-0.1, -0.05) is 13.0 Å². The van der Waals surface area contributed by atoms with Gasteiger partial charge >= 0.3 is 0 Å². The van der Waals surface area contributed by atoms with Gasteiger partial charge in [-0.2, -0.15) is 4.37 Å². The molecule has 1 aromatic carbocycles. The smallest absolute Gasteiger partial charge is 0.231 e. The number of aliphatic imine (C=N–C) groups is 1. The van der Waals surface area contributed by atoms with Crippen LogP contribution in [-0.4, -0.2) is 66.3 Å². The fourth-order valence-corrected chi connectivity index (χ4v) is 4.99. The summed E-state index contributed by atoms with van der Waals surface area (Å²) in [5.41, 5.74) is 1.44. The van der Waals surface area contributed by atoms with Crippen LogP contribution in [-0.2, 0) is 11.8 Å². The van der Waals surface area contributed by atoms with Gasteiger partial charge in [0.15, 0.2) is 17.5 Å². The molecule has 0 atom stereocenters. The molecule has 0 spiro atoms. The number of rotatable bonds is 6. The van der Waals surface area contributed by atoms with E-state index in [0.29, 0.717) is 6.79 Å². The highest BCUT2D eigenvalue weighted by Crippen LogP contribution is 2.50. The van der Waals surface area contributed by atoms with Gasteiger partial charge in [0.25, 0.3) is 0 Å². The first kappa shape index (κ1) is 20.4. The number of guanidine groups is 1. The Kier molecular flexibility index (Phi) is 5.60. The zero-order valence-electron chi connectivity index (χ0n) is 18.3. The molecule has 2 fully saturated rings. The molecular formula is C22H30N6O2S. The number of hydrogen-bond acceptors (Lipinski definition) is 7. The molecule has 0 unspecified atom stereocenters. The van der Waals surface area contributed by atoms with Gasteiger partial charge in [-0.3, -0.25) is 4.99 Å². The van der Waals surface area contributed by atoms with Crippen molar-refractivity contribution in [3.8, 4) is 11.5 Å². The Hall–Kier alpha value is -2.55. The number of piperazine rings is 1. The van der Waals surface area contributed by atoms with Gasteiger partial charge in [-0.25, -0.2) is 4.98 Å². The van der Waals surface area contributed by atoms with Crippen LogP contribution in [0.2, 0.25) is 0 Å². The van der Waals surface area contributed by atoms with Gasteiger partial charge in [-0.15, -0.1) is 0 Å². The van der Waals surface area contributed by atoms with Crippen LogP contribution in [0.15, 0.2) is 23.2 Å². The third-order valence-electron chi connectivity index (χ3n) is 6.33. The standard InChI is InChI=1S/C22H30N6O2S/c1-3-19-25-21(31-26-19)28-11-9-27(10-12-28)20(23-4-2)24-14-22(7-8-22)16-5-6-17-18(13-16)30-15-29-17/h5-6,13H,3-4,7-12,14-15H2,1-2H3,(H,23,24). The second-order valence-corrected chi connectivity index (χ2v) is 9.07. The number of nitrogens with zero attached hydrogens (tertiary/aromatic N) is 5. The maximum atomic E-state index is 5.58. The summed E-state index contributed by atoms with van der Waals surface area (Å²) in [6.45, 7) is 9.96. The molecule has 2 aliphatic heterocycles. The Bertz CT molecular complexity index is 949. The van der Waals surface area contributed by atoms with Crippen molar-refractivity contribution in [2.75, 3.05) is 51.0 Å². The van der Waals surface area contributed by atoms with E-state index in [2.05, 4.69) is 50.5 Å². The third-order valence-corrected chi connectivity index (χ3v) is 7.14. The minimum absolute atomic E-state index is 0.132. The highest BCUT2D eigenvalue weighted by molar-refractivity contribution is 7.09. The van der Waals surface area contributed by atoms with Gasteiger partial charge in [0.05, 0.1) is 6.54 Å². The van der Waals surface area contributed by atoms with Crippen LogP contribution in [0.3, 0.4) is 0 Å². The summed E-state index contributed by atoms with van der Waals surface area (Å²) in [6, 6.07) is 6.35. The lowest BCUT2D eigenvalue weighted by Gasteiger charge is -2.36. The van der Waals surface area contributed by atoms with Crippen molar-refractivity contribution in [3.63, 3.8) is 0 Å². The number of anilines is 1. The first-order chi connectivity index (χ1) is 15.2. The van der Waals surface area contributed by atoms with E-state index >= 15 is 0 Å². The monoisotopic (exact) mass is 442 g/mol. The van der Waals surface area contributed by atoms with Crippen molar-refractivity contribution >= 4 is 22.6 Å². The second kappa shape index (κ2) is 8.53. The average Bonchev–Trinajstić information content (AvgIpc) is 3.22. The lowest BCUT2D eigenvalue weighted by Crippen LogP contribution is -2.52. The Morgan fingerprint density at radius 1 is 1.16 bits per heavy atom. The maximum absolute atomic E-state index is 5.58. The van der Waals surface area contributed by atoms with E-state index < -0.39 is 0 Å².